The average Bonchev–Trinajstić information content (AvgIpc) is 2.78. The Morgan fingerprint density at radius 1 is 0.733 bits per heavy atom. The van der Waals surface area contributed by atoms with E-state index in [0.29, 0.717) is 16.9 Å². The Hall–Kier alpha value is -3.51. The van der Waals surface area contributed by atoms with Gasteiger partial charge in [-0.15, -0.1) is 0 Å². The van der Waals surface area contributed by atoms with Crippen LogP contribution < -0.4 is 4.90 Å². The first kappa shape index (κ1) is 19.8. The molecule has 150 valence electrons. The Labute approximate surface area is 175 Å². The van der Waals surface area contributed by atoms with Crippen molar-refractivity contribution in [2.75, 3.05) is 4.90 Å². The molecular weight excluding hydrogens is 398 g/mol. The zero-order chi connectivity index (χ0) is 21.3. The van der Waals surface area contributed by atoms with Crippen LogP contribution in [0.25, 0.3) is 5.70 Å². The van der Waals surface area contributed by atoms with E-state index in [1.165, 1.54) is 17.0 Å². The van der Waals surface area contributed by atoms with Crippen LogP contribution in [0, 0.1) is 0 Å². The Balaban J connectivity index is 1.95. The summed E-state index contributed by atoms with van der Waals surface area (Å²) in [5, 5.41) is -1.83. The first-order chi connectivity index (χ1) is 14.4. The summed E-state index contributed by atoms with van der Waals surface area (Å²) in [6.45, 7) is 1.57. The Bertz CT molecular complexity index is 1230. The topological polar surface area (TPSA) is 71.5 Å². The number of hydrogen-bond donors (Lipinski definition) is 0. The summed E-state index contributed by atoms with van der Waals surface area (Å²) in [7, 11) is -4.21. The number of rotatable bonds is 4. The molecule has 1 aliphatic rings. The quantitative estimate of drug-likeness (QED) is 0.604. The molecule has 1 unspecified atom stereocenters. The van der Waals surface area contributed by atoms with Gasteiger partial charge in [-0.2, -0.15) is 0 Å². The standard InChI is InChI=1S/C24H19NO4S/c1-17-21(18-11-5-2-6-12-18)25(19-13-7-3-8-14-19)24(27)23(22(17)26)30(28,29)20-15-9-4-10-16-20/h2-16,23H,1H3. The summed E-state index contributed by atoms with van der Waals surface area (Å²) in [6, 6.07) is 25.4. The van der Waals surface area contributed by atoms with E-state index < -0.39 is 26.8 Å². The number of benzene rings is 3. The van der Waals surface area contributed by atoms with E-state index in [2.05, 4.69) is 0 Å². The van der Waals surface area contributed by atoms with E-state index >= 15 is 0 Å². The van der Waals surface area contributed by atoms with Gasteiger partial charge < -0.3 is 0 Å². The minimum Gasteiger partial charge on any atom is -0.292 e. The van der Waals surface area contributed by atoms with Gasteiger partial charge in [0.05, 0.1) is 10.6 Å². The number of Topliss-reactive ketones (excluding diaryl/α,β-unsaturated/α-hetero) is 1. The molecule has 0 spiro atoms. The fourth-order valence-corrected chi connectivity index (χ4v) is 5.25. The second-order valence-corrected chi connectivity index (χ2v) is 8.98. The lowest BCUT2D eigenvalue weighted by Crippen LogP contribution is -2.51. The maximum absolute atomic E-state index is 13.6. The highest BCUT2D eigenvalue weighted by atomic mass is 32.2. The van der Waals surface area contributed by atoms with E-state index in [1.54, 1.807) is 79.7 Å². The number of hydrogen-bond acceptors (Lipinski definition) is 4. The molecule has 3 aromatic rings. The van der Waals surface area contributed by atoms with Gasteiger partial charge in [0.1, 0.15) is 0 Å². The van der Waals surface area contributed by atoms with Crippen LogP contribution in [0.5, 0.6) is 0 Å². The fourth-order valence-electron chi connectivity index (χ4n) is 3.62. The van der Waals surface area contributed by atoms with Gasteiger partial charge in [-0.1, -0.05) is 66.7 Å². The minimum atomic E-state index is -4.21. The summed E-state index contributed by atoms with van der Waals surface area (Å²) < 4.78 is 26.6. The first-order valence-corrected chi connectivity index (χ1v) is 11.0. The number of ketones is 1. The third-order valence-electron chi connectivity index (χ3n) is 5.07. The van der Waals surface area contributed by atoms with Crippen LogP contribution in [-0.4, -0.2) is 25.4 Å². The molecule has 0 aliphatic carbocycles. The second-order valence-electron chi connectivity index (χ2n) is 6.95. The van der Waals surface area contributed by atoms with Crippen molar-refractivity contribution in [1.82, 2.24) is 0 Å². The molecule has 0 saturated carbocycles. The van der Waals surface area contributed by atoms with Gasteiger partial charge in [0.25, 0.3) is 5.91 Å². The summed E-state index contributed by atoms with van der Waals surface area (Å²) in [6.07, 6.45) is 0. The molecule has 4 rings (SSSR count). The van der Waals surface area contributed by atoms with Crippen molar-refractivity contribution in [2.24, 2.45) is 0 Å². The van der Waals surface area contributed by atoms with Crippen molar-refractivity contribution >= 4 is 32.9 Å². The third kappa shape index (κ3) is 3.25. The van der Waals surface area contributed by atoms with Gasteiger partial charge in [-0.05, 0) is 36.8 Å². The van der Waals surface area contributed by atoms with E-state index in [9.17, 15) is 18.0 Å². The molecule has 6 heteroatoms. The number of sulfone groups is 1. The minimum absolute atomic E-state index is 0.0549. The molecule has 0 fully saturated rings. The van der Waals surface area contributed by atoms with E-state index in [-0.39, 0.29) is 10.5 Å². The van der Waals surface area contributed by atoms with Gasteiger partial charge in [0, 0.05) is 11.3 Å². The van der Waals surface area contributed by atoms with Crippen molar-refractivity contribution in [1.29, 1.82) is 0 Å². The molecule has 5 nitrogen and oxygen atoms in total. The van der Waals surface area contributed by atoms with Crippen molar-refractivity contribution in [3.8, 4) is 0 Å². The van der Waals surface area contributed by atoms with Crippen LogP contribution in [0.1, 0.15) is 12.5 Å². The number of carbonyl (C=O) groups excluding carboxylic acids is 2. The Kier molecular flexibility index (Phi) is 5.10. The molecule has 0 N–H and O–H groups in total. The van der Waals surface area contributed by atoms with Crippen molar-refractivity contribution in [2.45, 2.75) is 17.1 Å². The van der Waals surface area contributed by atoms with Crippen molar-refractivity contribution in [3.05, 3.63) is 102 Å². The highest BCUT2D eigenvalue weighted by Gasteiger charge is 2.48. The van der Waals surface area contributed by atoms with Crippen molar-refractivity contribution < 1.29 is 18.0 Å². The molecule has 1 aliphatic heterocycles. The van der Waals surface area contributed by atoms with Crippen LogP contribution in [0.3, 0.4) is 0 Å². The zero-order valence-electron chi connectivity index (χ0n) is 16.2. The van der Waals surface area contributed by atoms with E-state index in [1.807, 2.05) is 6.07 Å². The molecule has 1 heterocycles. The summed E-state index contributed by atoms with van der Waals surface area (Å²) in [4.78, 5) is 28.1. The second kappa shape index (κ2) is 7.72. The lowest BCUT2D eigenvalue weighted by atomic mass is 9.95. The molecule has 0 radical (unpaired) electrons. The number of nitrogens with zero attached hydrogens (tertiary/aromatic N) is 1. The van der Waals surface area contributed by atoms with E-state index in [0.717, 1.165) is 0 Å². The van der Waals surface area contributed by atoms with Crippen LogP contribution in [0.2, 0.25) is 0 Å². The molecular formula is C24H19NO4S. The number of allylic oxidation sites excluding steroid dienone is 1. The van der Waals surface area contributed by atoms with Crippen LogP contribution in [-0.2, 0) is 19.4 Å². The highest BCUT2D eigenvalue weighted by Crippen LogP contribution is 2.36. The zero-order valence-corrected chi connectivity index (χ0v) is 17.0. The fraction of sp³-hybridized carbons (Fsp3) is 0.0833. The van der Waals surface area contributed by atoms with Crippen LogP contribution in [0.4, 0.5) is 5.69 Å². The van der Waals surface area contributed by atoms with Gasteiger partial charge in [0.15, 0.2) is 15.6 Å². The monoisotopic (exact) mass is 417 g/mol. The van der Waals surface area contributed by atoms with Crippen LogP contribution >= 0.6 is 0 Å². The molecule has 0 bridgehead atoms. The summed E-state index contributed by atoms with van der Waals surface area (Å²) in [5.74, 6) is -1.48. The van der Waals surface area contributed by atoms with Gasteiger partial charge in [-0.3, -0.25) is 14.5 Å². The normalized spacial score (nSPS) is 17.4. The molecule has 3 aromatic carbocycles. The summed E-state index contributed by atoms with van der Waals surface area (Å²) >= 11 is 0. The Morgan fingerprint density at radius 3 is 1.80 bits per heavy atom. The lowest BCUT2D eigenvalue weighted by molar-refractivity contribution is -0.124. The highest BCUT2D eigenvalue weighted by molar-refractivity contribution is 7.93. The first-order valence-electron chi connectivity index (χ1n) is 9.41. The average molecular weight is 417 g/mol. The predicted molar refractivity (Wildman–Crippen MR) is 115 cm³/mol. The Morgan fingerprint density at radius 2 is 1.23 bits per heavy atom. The lowest BCUT2D eigenvalue weighted by Gasteiger charge is -2.34. The number of carbonyl (C=O) groups is 2. The number of para-hydroxylation sites is 1. The van der Waals surface area contributed by atoms with Gasteiger partial charge >= 0.3 is 0 Å². The van der Waals surface area contributed by atoms with Crippen LogP contribution in [0.15, 0.2) is 101 Å². The summed E-state index contributed by atoms with van der Waals surface area (Å²) in [5.41, 5.74) is 1.79. The smallest absolute Gasteiger partial charge is 0.258 e. The van der Waals surface area contributed by atoms with Crippen molar-refractivity contribution in [3.63, 3.8) is 0 Å². The molecule has 1 amide bonds. The number of amides is 1. The predicted octanol–water partition coefficient (Wildman–Crippen LogP) is 3.88. The molecule has 0 saturated heterocycles. The van der Waals surface area contributed by atoms with Gasteiger partial charge in [-0.25, -0.2) is 8.42 Å². The van der Waals surface area contributed by atoms with Gasteiger partial charge in [0.2, 0.25) is 5.25 Å². The maximum Gasteiger partial charge on any atom is 0.258 e. The third-order valence-corrected chi connectivity index (χ3v) is 7.04. The SMILES string of the molecule is CC1=C(c2ccccc2)N(c2ccccc2)C(=O)C(S(=O)(=O)c2ccccc2)C1=O. The maximum atomic E-state index is 13.6. The number of anilines is 1. The largest absolute Gasteiger partial charge is 0.292 e. The molecule has 0 aromatic heterocycles. The molecule has 1 atom stereocenters. The molecule has 30 heavy (non-hydrogen) atoms. The van der Waals surface area contributed by atoms with E-state index in [4.69, 9.17) is 0 Å².